The quantitative estimate of drug-likeness (QED) is 0.773. The van der Waals surface area contributed by atoms with E-state index in [0.717, 1.165) is 18.7 Å². The molecule has 0 aliphatic rings. The van der Waals surface area contributed by atoms with Gasteiger partial charge in [0.25, 0.3) is 0 Å². The fraction of sp³-hybridized carbons (Fsp3) is 0.400. The van der Waals surface area contributed by atoms with Crippen molar-refractivity contribution in [1.29, 1.82) is 0 Å². The summed E-state index contributed by atoms with van der Waals surface area (Å²) in [6.45, 7) is 0.916. The summed E-state index contributed by atoms with van der Waals surface area (Å²) in [4.78, 5) is 16.7. The third-order valence-electron chi connectivity index (χ3n) is 1.89. The Morgan fingerprint density at radius 2 is 2.21 bits per heavy atom. The van der Waals surface area contributed by atoms with Crippen LogP contribution >= 0.6 is 0 Å². The van der Waals surface area contributed by atoms with Gasteiger partial charge in [-0.15, -0.1) is 0 Å². The van der Waals surface area contributed by atoms with Gasteiger partial charge in [-0.2, -0.15) is 0 Å². The number of carboxylic acids is 1. The Bertz CT molecular complexity index is 306. The topological polar surface area (TPSA) is 53.4 Å². The predicted molar refractivity (Wildman–Crippen MR) is 53.5 cm³/mol. The molecular weight excluding hydrogens is 180 g/mol. The first-order valence-corrected chi connectivity index (χ1v) is 4.42. The molecule has 1 aromatic rings. The molecule has 1 rings (SSSR count). The highest BCUT2D eigenvalue weighted by Crippen LogP contribution is 2.01. The Labute approximate surface area is 83.2 Å². The number of aromatic carboxylic acids is 1. The molecule has 1 heterocycles. The van der Waals surface area contributed by atoms with Crippen LogP contribution in [-0.4, -0.2) is 41.6 Å². The molecule has 0 spiro atoms. The van der Waals surface area contributed by atoms with Gasteiger partial charge in [0.05, 0.1) is 5.56 Å². The van der Waals surface area contributed by atoms with Gasteiger partial charge in [0, 0.05) is 24.9 Å². The lowest BCUT2D eigenvalue weighted by Crippen LogP contribution is -2.15. The van der Waals surface area contributed by atoms with Gasteiger partial charge in [0.2, 0.25) is 0 Å². The Hall–Kier alpha value is -1.42. The van der Waals surface area contributed by atoms with E-state index in [9.17, 15) is 4.79 Å². The van der Waals surface area contributed by atoms with Crippen molar-refractivity contribution < 1.29 is 9.90 Å². The van der Waals surface area contributed by atoms with Crippen molar-refractivity contribution in [2.45, 2.75) is 6.42 Å². The maximum absolute atomic E-state index is 10.5. The van der Waals surface area contributed by atoms with E-state index in [4.69, 9.17) is 5.11 Å². The molecule has 4 heteroatoms. The van der Waals surface area contributed by atoms with Gasteiger partial charge in [0.15, 0.2) is 0 Å². The highest BCUT2D eigenvalue weighted by molar-refractivity contribution is 5.87. The number of pyridine rings is 1. The van der Waals surface area contributed by atoms with E-state index in [1.807, 2.05) is 14.1 Å². The van der Waals surface area contributed by atoms with Crippen LogP contribution in [0, 0.1) is 0 Å². The van der Waals surface area contributed by atoms with E-state index in [2.05, 4.69) is 9.88 Å². The second-order valence-electron chi connectivity index (χ2n) is 3.40. The van der Waals surface area contributed by atoms with Crippen LogP contribution in [-0.2, 0) is 6.42 Å². The normalized spacial score (nSPS) is 10.5. The maximum atomic E-state index is 10.5. The summed E-state index contributed by atoms with van der Waals surface area (Å²) in [6, 6.07) is 3.34. The number of hydrogen-bond donors (Lipinski definition) is 1. The molecule has 0 radical (unpaired) electrons. The van der Waals surface area contributed by atoms with Crippen LogP contribution in [0.3, 0.4) is 0 Å². The number of rotatable bonds is 4. The molecule has 0 saturated heterocycles. The molecule has 1 aromatic heterocycles. The van der Waals surface area contributed by atoms with Gasteiger partial charge in [-0.25, -0.2) is 4.79 Å². The fourth-order valence-corrected chi connectivity index (χ4v) is 1.04. The van der Waals surface area contributed by atoms with Gasteiger partial charge < -0.3 is 10.0 Å². The average molecular weight is 194 g/mol. The van der Waals surface area contributed by atoms with Gasteiger partial charge in [-0.3, -0.25) is 4.98 Å². The number of likely N-dealkylation sites (N-methyl/N-ethyl adjacent to an activating group) is 1. The first-order valence-electron chi connectivity index (χ1n) is 4.42. The third kappa shape index (κ3) is 3.14. The zero-order chi connectivity index (χ0) is 10.6. The van der Waals surface area contributed by atoms with Crippen molar-refractivity contribution in [3.8, 4) is 0 Å². The van der Waals surface area contributed by atoms with E-state index >= 15 is 0 Å². The predicted octanol–water partition coefficient (Wildman–Crippen LogP) is 0.884. The standard InChI is InChI=1S/C10H14N2O2/c1-12(2)6-5-9-4-3-8(7-11-9)10(13)14/h3-4,7H,5-6H2,1-2H3,(H,13,14). The summed E-state index contributed by atoms with van der Waals surface area (Å²) in [7, 11) is 3.98. The summed E-state index contributed by atoms with van der Waals surface area (Å²) in [5.41, 5.74) is 1.15. The molecule has 0 bridgehead atoms. The number of nitrogens with zero attached hydrogens (tertiary/aromatic N) is 2. The van der Waals surface area contributed by atoms with Crippen molar-refractivity contribution >= 4 is 5.97 Å². The maximum Gasteiger partial charge on any atom is 0.337 e. The van der Waals surface area contributed by atoms with Crippen LogP contribution in [0.15, 0.2) is 18.3 Å². The zero-order valence-corrected chi connectivity index (χ0v) is 8.40. The molecule has 0 atom stereocenters. The molecule has 0 aromatic carbocycles. The smallest absolute Gasteiger partial charge is 0.337 e. The summed E-state index contributed by atoms with van der Waals surface area (Å²) in [6.07, 6.45) is 2.24. The molecule has 0 aliphatic carbocycles. The lowest BCUT2D eigenvalue weighted by molar-refractivity contribution is 0.0696. The molecule has 0 unspecified atom stereocenters. The van der Waals surface area contributed by atoms with E-state index in [0.29, 0.717) is 0 Å². The zero-order valence-electron chi connectivity index (χ0n) is 8.40. The van der Waals surface area contributed by atoms with Gasteiger partial charge in [0.1, 0.15) is 0 Å². The van der Waals surface area contributed by atoms with Gasteiger partial charge in [-0.05, 0) is 26.2 Å². The van der Waals surface area contributed by atoms with E-state index in [1.165, 1.54) is 6.20 Å². The second kappa shape index (κ2) is 4.72. The second-order valence-corrected chi connectivity index (χ2v) is 3.40. The summed E-state index contributed by atoms with van der Waals surface area (Å²) in [5.74, 6) is -0.934. The van der Waals surface area contributed by atoms with Crippen LogP contribution < -0.4 is 0 Å². The van der Waals surface area contributed by atoms with Crippen molar-refractivity contribution in [3.05, 3.63) is 29.6 Å². The SMILES string of the molecule is CN(C)CCc1ccc(C(=O)O)cn1. The minimum absolute atomic E-state index is 0.235. The molecule has 0 aliphatic heterocycles. The molecule has 14 heavy (non-hydrogen) atoms. The Balaban J connectivity index is 2.60. The lowest BCUT2D eigenvalue weighted by atomic mass is 10.2. The lowest BCUT2D eigenvalue weighted by Gasteiger charge is -2.08. The molecule has 0 saturated carbocycles. The number of aromatic nitrogens is 1. The first kappa shape index (κ1) is 10.7. The first-order chi connectivity index (χ1) is 6.59. The van der Waals surface area contributed by atoms with E-state index < -0.39 is 5.97 Å². The minimum Gasteiger partial charge on any atom is -0.478 e. The van der Waals surface area contributed by atoms with Crippen molar-refractivity contribution in [3.63, 3.8) is 0 Å². The molecule has 4 nitrogen and oxygen atoms in total. The number of carboxylic acid groups (broad SMARTS) is 1. The van der Waals surface area contributed by atoms with E-state index in [1.54, 1.807) is 12.1 Å². The minimum atomic E-state index is -0.934. The average Bonchev–Trinajstić information content (AvgIpc) is 2.15. The highest BCUT2D eigenvalue weighted by Gasteiger charge is 2.02. The van der Waals surface area contributed by atoms with Crippen molar-refractivity contribution in [2.75, 3.05) is 20.6 Å². The van der Waals surface area contributed by atoms with Crippen LogP contribution in [0.2, 0.25) is 0 Å². The fourth-order valence-electron chi connectivity index (χ4n) is 1.04. The van der Waals surface area contributed by atoms with Crippen LogP contribution in [0.25, 0.3) is 0 Å². The van der Waals surface area contributed by atoms with Gasteiger partial charge in [-0.1, -0.05) is 0 Å². The largest absolute Gasteiger partial charge is 0.478 e. The molecule has 0 fully saturated rings. The Morgan fingerprint density at radius 1 is 1.50 bits per heavy atom. The highest BCUT2D eigenvalue weighted by atomic mass is 16.4. The number of carbonyl (C=O) groups is 1. The summed E-state index contributed by atoms with van der Waals surface area (Å²) >= 11 is 0. The van der Waals surface area contributed by atoms with Crippen LogP contribution in [0.1, 0.15) is 16.1 Å². The molecule has 1 N–H and O–H groups in total. The number of hydrogen-bond acceptors (Lipinski definition) is 3. The molecular formula is C10H14N2O2. The van der Waals surface area contributed by atoms with Crippen molar-refractivity contribution in [1.82, 2.24) is 9.88 Å². The Kier molecular flexibility index (Phi) is 3.59. The monoisotopic (exact) mass is 194 g/mol. The van der Waals surface area contributed by atoms with Gasteiger partial charge >= 0.3 is 5.97 Å². The molecule has 0 amide bonds. The van der Waals surface area contributed by atoms with Crippen LogP contribution in [0.5, 0.6) is 0 Å². The van der Waals surface area contributed by atoms with Crippen LogP contribution in [0.4, 0.5) is 0 Å². The Morgan fingerprint density at radius 3 is 2.64 bits per heavy atom. The summed E-state index contributed by atoms with van der Waals surface area (Å²) < 4.78 is 0. The summed E-state index contributed by atoms with van der Waals surface area (Å²) in [5, 5.41) is 8.65. The molecule has 76 valence electrons. The third-order valence-corrected chi connectivity index (χ3v) is 1.89. The van der Waals surface area contributed by atoms with E-state index in [-0.39, 0.29) is 5.56 Å². The van der Waals surface area contributed by atoms with Crippen molar-refractivity contribution in [2.24, 2.45) is 0 Å².